The van der Waals surface area contributed by atoms with Crippen molar-refractivity contribution < 1.29 is 19.7 Å². The second-order valence-corrected chi connectivity index (χ2v) is 5.77. The van der Waals surface area contributed by atoms with E-state index in [9.17, 15) is 15.0 Å². The van der Waals surface area contributed by atoms with E-state index in [2.05, 4.69) is 4.99 Å². The molecular formula is C18H20ClNO4. The fourth-order valence-electron chi connectivity index (χ4n) is 2.41. The topological polar surface area (TPSA) is 79.1 Å². The maximum atomic E-state index is 12.4. The number of aromatic hydroxyl groups is 2. The molecule has 1 aromatic carbocycles. The molecule has 0 atom stereocenters. The number of phenolic OH excluding ortho intramolecular Hbond substituents is 2. The van der Waals surface area contributed by atoms with Crippen LogP contribution in [0.4, 0.5) is 0 Å². The van der Waals surface area contributed by atoms with Crippen LogP contribution in [0.15, 0.2) is 35.4 Å². The second-order valence-electron chi connectivity index (χ2n) is 5.39. The van der Waals surface area contributed by atoms with E-state index in [-0.39, 0.29) is 35.1 Å². The molecule has 128 valence electrons. The fraction of sp³-hybridized carbons (Fsp3) is 0.333. The van der Waals surface area contributed by atoms with Gasteiger partial charge in [-0.15, -0.1) is 0 Å². The highest BCUT2D eigenvalue weighted by molar-refractivity contribution is 6.33. The van der Waals surface area contributed by atoms with Crippen LogP contribution < -0.4 is 0 Å². The van der Waals surface area contributed by atoms with E-state index in [1.165, 1.54) is 0 Å². The van der Waals surface area contributed by atoms with Crippen LogP contribution in [0.5, 0.6) is 11.5 Å². The van der Waals surface area contributed by atoms with E-state index in [0.29, 0.717) is 11.3 Å². The van der Waals surface area contributed by atoms with E-state index in [4.69, 9.17) is 16.3 Å². The van der Waals surface area contributed by atoms with Crippen LogP contribution >= 0.6 is 11.6 Å². The second kappa shape index (κ2) is 8.55. The van der Waals surface area contributed by atoms with E-state index in [1.807, 2.05) is 18.2 Å². The Kier molecular flexibility index (Phi) is 6.44. The van der Waals surface area contributed by atoms with E-state index in [0.717, 1.165) is 25.3 Å². The molecule has 0 amide bonds. The monoisotopic (exact) mass is 349 g/mol. The maximum Gasteiger partial charge on any atom is 0.342 e. The number of hydrogen-bond donors (Lipinski definition) is 2. The number of halogens is 1. The van der Waals surface area contributed by atoms with Gasteiger partial charge < -0.3 is 14.9 Å². The van der Waals surface area contributed by atoms with E-state index >= 15 is 0 Å². The molecule has 1 heterocycles. The molecule has 2 rings (SSSR count). The molecule has 0 bridgehead atoms. The van der Waals surface area contributed by atoms with Gasteiger partial charge in [-0.3, -0.25) is 4.99 Å². The molecule has 1 aliphatic rings. The van der Waals surface area contributed by atoms with E-state index in [1.54, 1.807) is 13.1 Å². The van der Waals surface area contributed by atoms with Crippen molar-refractivity contribution in [3.63, 3.8) is 0 Å². The van der Waals surface area contributed by atoms with Gasteiger partial charge >= 0.3 is 5.97 Å². The lowest BCUT2D eigenvalue weighted by Gasteiger charge is -2.14. The first kappa shape index (κ1) is 18.1. The van der Waals surface area contributed by atoms with Gasteiger partial charge in [0, 0.05) is 25.2 Å². The summed E-state index contributed by atoms with van der Waals surface area (Å²) in [6.07, 6.45) is 10.3. The molecule has 0 fully saturated rings. The molecule has 0 aliphatic carbocycles. The fourth-order valence-corrected chi connectivity index (χ4v) is 2.63. The number of fused-ring (bicyclic) bond motifs is 1. The molecule has 0 radical (unpaired) electrons. The van der Waals surface area contributed by atoms with Crippen molar-refractivity contribution in [1.82, 2.24) is 0 Å². The van der Waals surface area contributed by atoms with Crippen LogP contribution in [0.1, 0.15) is 35.2 Å². The highest BCUT2D eigenvalue weighted by atomic mass is 35.5. The van der Waals surface area contributed by atoms with Crippen LogP contribution in [-0.4, -0.2) is 35.5 Å². The Labute approximate surface area is 145 Å². The summed E-state index contributed by atoms with van der Waals surface area (Å²) in [7, 11) is 1.63. The average molecular weight is 350 g/mol. The van der Waals surface area contributed by atoms with Gasteiger partial charge in [-0.25, -0.2) is 4.79 Å². The summed E-state index contributed by atoms with van der Waals surface area (Å²) in [5.74, 6) is -1.30. The molecule has 0 saturated carbocycles. The molecule has 0 aromatic heterocycles. The third kappa shape index (κ3) is 4.38. The number of carbonyl (C=O) groups is 1. The molecule has 2 N–H and O–H groups in total. The zero-order chi connectivity index (χ0) is 17.5. The summed E-state index contributed by atoms with van der Waals surface area (Å²) in [4.78, 5) is 16.5. The summed E-state index contributed by atoms with van der Waals surface area (Å²) in [5.41, 5.74) is 0.920. The Morgan fingerprint density at radius 3 is 2.75 bits per heavy atom. The minimum atomic E-state index is -0.656. The van der Waals surface area contributed by atoms with Crippen LogP contribution in [0.3, 0.4) is 0 Å². The predicted octanol–water partition coefficient (Wildman–Crippen LogP) is 3.82. The summed E-state index contributed by atoms with van der Waals surface area (Å²) >= 11 is 6.16. The van der Waals surface area contributed by atoms with Gasteiger partial charge in [-0.2, -0.15) is 0 Å². The van der Waals surface area contributed by atoms with Crippen LogP contribution in [-0.2, 0) is 11.2 Å². The normalized spacial score (nSPS) is 20.8. The van der Waals surface area contributed by atoms with Crippen LogP contribution in [0, 0.1) is 0 Å². The van der Waals surface area contributed by atoms with Crippen molar-refractivity contribution >= 4 is 23.3 Å². The minimum absolute atomic E-state index is 0.0111. The number of hydrogen-bond acceptors (Lipinski definition) is 5. The number of ether oxygens (including phenoxy) is 1. The van der Waals surface area contributed by atoms with Gasteiger partial charge in [0.15, 0.2) is 0 Å². The van der Waals surface area contributed by atoms with Crippen molar-refractivity contribution in [2.75, 3.05) is 13.7 Å². The highest BCUT2D eigenvalue weighted by Crippen LogP contribution is 2.37. The minimum Gasteiger partial charge on any atom is -0.507 e. The van der Waals surface area contributed by atoms with Gasteiger partial charge in [0.25, 0.3) is 0 Å². The third-order valence-corrected chi connectivity index (χ3v) is 4.13. The third-order valence-electron chi connectivity index (χ3n) is 3.70. The van der Waals surface area contributed by atoms with Crippen molar-refractivity contribution in [2.45, 2.75) is 25.7 Å². The summed E-state index contributed by atoms with van der Waals surface area (Å²) in [6, 6.07) is 1.05. The molecule has 5 nitrogen and oxygen atoms in total. The van der Waals surface area contributed by atoms with Crippen LogP contribution in [0.25, 0.3) is 0 Å². The number of benzene rings is 1. The number of allylic oxidation sites excluding steroid dienone is 4. The first-order valence-corrected chi connectivity index (χ1v) is 8.11. The van der Waals surface area contributed by atoms with Gasteiger partial charge in [0.05, 0.1) is 11.6 Å². The number of rotatable bonds is 0. The van der Waals surface area contributed by atoms with Gasteiger partial charge in [0.2, 0.25) is 0 Å². The van der Waals surface area contributed by atoms with Gasteiger partial charge in [-0.05, 0) is 30.9 Å². The molecule has 0 spiro atoms. The number of cyclic esters (lactones) is 1. The van der Waals surface area contributed by atoms with E-state index < -0.39 is 5.97 Å². The Morgan fingerprint density at radius 2 is 2.00 bits per heavy atom. The Balaban J connectivity index is 2.51. The number of carbonyl (C=O) groups excluding carboxylic acids is 1. The predicted molar refractivity (Wildman–Crippen MR) is 94.3 cm³/mol. The first-order chi connectivity index (χ1) is 11.5. The number of aliphatic imine (C=N–C) groups is 1. The van der Waals surface area contributed by atoms with Gasteiger partial charge in [-0.1, -0.05) is 29.8 Å². The summed E-state index contributed by atoms with van der Waals surface area (Å²) in [5, 5.41) is 20.0. The molecule has 6 heteroatoms. The lowest BCUT2D eigenvalue weighted by molar-refractivity contribution is 0.0494. The summed E-state index contributed by atoms with van der Waals surface area (Å²) in [6.45, 7) is 0.259. The number of phenols is 2. The lowest BCUT2D eigenvalue weighted by atomic mass is 9.99. The first-order valence-electron chi connectivity index (χ1n) is 7.74. The molecule has 1 aromatic rings. The van der Waals surface area contributed by atoms with Crippen LogP contribution in [0.2, 0.25) is 5.02 Å². The summed E-state index contributed by atoms with van der Waals surface area (Å²) < 4.78 is 5.24. The number of nitrogens with zero attached hydrogens (tertiary/aromatic N) is 1. The molecule has 0 saturated heterocycles. The van der Waals surface area contributed by atoms with Crippen molar-refractivity contribution in [3.8, 4) is 11.5 Å². The smallest absolute Gasteiger partial charge is 0.342 e. The maximum absolute atomic E-state index is 12.4. The van der Waals surface area contributed by atoms with Crippen molar-refractivity contribution in [2.24, 2.45) is 4.99 Å². The molecular weight excluding hydrogens is 330 g/mol. The molecule has 1 aliphatic heterocycles. The standard InChI is InChI=1S/C18H20ClNO4/c1-20-12-8-6-4-2-3-5-7-9-24-18(23)16-13(10-12)17(19)15(22)11-14(16)21/h2,4,6,8,11,21-22H,3,5,7,9-10H2,1H3/b4-2-,8-6+,20-12?. The van der Waals surface area contributed by atoms with Crippen molar-refractivity contribution in [3.05, 3.63) is 46.5 Å². The quantitative estimate of drug-likeness (QED) is 0.698. The Morgan fingerprint density at radius 1 is 1.21 bits per heavy atom. The highest BCUT2D eigenvalue weighted by Gasteiger charge is 2.24. The average Bonchev–Trinajstić information content (AvgIpc) is 2.55. The zero-order valence-corrected chi connectivity index (χ0v) is 14.2. The number of esters is 1. The molecule has 24 heavy (non-hydrogen) atoms. The Bertz CT molecular complexity index is 707. The largest absolute Gasteiger partial charge is 0.507 e. The lowest BCUT2D eigenvalue weighted by Crippen LogP contribution is -2.13. The Hall–Kier alpha value is -2.27. The van der Waals surface area contributed by atoms with Crippen molar-refractivity contribution in [1.29, 1.82) is 0 Å². The molecule has 0 unspecified atom stereocenters. The zero-order valence-electron chi connectivity index (χ0n) is 13.5. The van der Waals surface area contributed by atoms with Gasteiger partial charge in [0.1, 0.15) is 17.1 Å². The SMILES string of the molecule is CN=C1/C=C/C=C\CCCCOC(=O)c2c(O)cc(O)c(Cl)c2C1.